The summed E-state index contributed by atoms with van der Waals surface area (Å²) in [5.74, 6) is 0.877. The number of hydrogen-bond donors (Lipinski definition) is 1. The smallest absolute Gasteiger partial charge is 0.289 e. The standard InChI is InChI=1S/C18H27N7O/c1-23-16-14(13-20-23)17(25-11-4-5-12-25)22-15(21-16)18(26)19-7-6-10-24-8-2-3-9-24/h13H,2-12H2,1H3,(H,19,26). The first-order valence-electron chi connectivity index (χ1n) is 9.67. The minimum atomic E-state index is -0.199. The molecule has 2 aromatic heterocycles. The average molecular weight is 357 g/mol. The second kappa shape index (κ2) is 7.57. The molecule has 140 valence electrons. The van der Waals surface area contributed by atoms with Gasteiger partial charge in [0.1, 0.15) is 5.82 Å². The maximum absolute atomic E-state index is 12.6. The SMILES string of the molecule is Cn1ncc2c(N3CCCC3)nc(C(=O)NCCCN3CCCC3)nc21. The van der Waals surface area contributed by atoms with Crippen molar-refractivity contribution in [1.82, 2.24) is 30.0 Å². The number of hydrogen-bond acceptors (Lipinski definition) is 6. The van der Waals surface area contributed by atoms with E-state index in [1.165, 1.54) is 25.9 Å². The number of likely N-dealkylation sites (tertiary alicyclic amines) is 1. The zero-order valence-corrected chi connectivity index (χ0v) is 15.4. The van der Waals surface area contributed by atoms with Crippen molar-refractivity contribution in [2.45, 2.75) is 32.1 Å². The number of nitrogens with zero attached hydrogens (tertiary/aromatic N) is 6. The van der Waals surface area contributed by atoms with Crippen LogP contribution in [0.3, 0.4) is 0 Å². The van der Waals surface area contributed by atoms with E-state index < -0.39 is 0 Å². The highest BCUT2D eigenvalue weighted by Gasteiger charge is 2.22. The van der Waals surface area contributed by atoms with Gasteiger partial charge in [0.25, 0.3) is 5.91 Å². The van der Waals surface area contributed by atoms with Crippen LogP contribution in [0.25, 0.3) is 11.0 Å². The molecule has 0 atom stereocenters. The van der Waals surface area contributed by atoms with Gasteiger partial charge < -0.3 is 15.1 Å². The molecule has 8 heteroatoms. The third-order valence-corrected chi connectivity index (χ3v) is 5.32. The van der Waals surface area contributed by atoms with Crippen LogP contribution < -0.4 is 10.2 Å². The van der Waals surface area contributed by atoms with Crippen LogP contribution >= 0.6 is 0 Å². The molecule has 0 unspecified atom stereocenters. The first-order chi connectivity index (χ1) is 12.7. The molecule has 4 rings (SSSR count). The second-order valence-corrected chi connectivity index (χ2v) is 7.23. The van der Waals surface area contributed by atoms with Crippen LogP contribution in [-0.2, 0) is 7.05 Å². The molecular formula is C18H27N7O. The summed E-state index contributed by atoms with van der Waals surface area (Å²) in [6.07, 6.45) is 7.65. The average Bonchev–Trinajstić information content (AvgIpc) is 3.40. The fourth-order valence-electron chi connectivity index (χ4n) is 3.87. The van der Waals surface area contributed by atoms with Crippen LogP contribution in [0, 0.1) is 0 Å². The van der Waals surface area contributed by atoms with E-state index in [0.29, 0.717) is 12.2 Å². The molecule has 1 N–H and O–H groups in total. The number of carbonyl (C=O) groups is 1. The number of anilines is 1. The van der Waals surface area contributed by atoms with Gasteiger partial charge in [-0.25, -0.2) is 9.97 Å². The van der Waals surface area contributed by atoms with Gasteiger partial charge in [-0.3, -0.25) is 9.48 Å². The van der Waals surface area contributed by atoms with Crippen LogP contribution in [0.2, 0.25) is 0 Å². The van der Waals surface area contributed by atoms with E-state index in [9.17, 15) is 4.79 Å². The summed E-state index contributed by atoms with van der Waals surface area (Å²) >= 11 is 0. The Morgan fingerprint density at radius 1 is 1.12 bits per heavy atom. The summed E-state index contributed by atoms with van der Waals surface area (Å²) in [7, 11) is 1.85. The first kappa shape index (κ1) is 17.2. The number of amides is 1. The van der Waals surface area contributed by atoms with Crippen molar-refractivity contribution in [3.63, 3.8) is 0 Å². The molecule has 0 spiro atoms. The molecule has 1 amide bonds. The number of aryl methyl sites for hydroxylation is 1. The maximum Gasteiger partial charge on any atom is 0.289 e. The van der Waals surface area contributed by atoms with E-state index in [-0.39, 0.29) is 11.7 Å². The first-order valence-corrected chi connectivity index (χ1v) is 9.67. The summed E-state index contributed by atoms with van der Waals surface area (Å²) in [5, 5.41) is 8.19. The van der Waals surface area contributed by atoms with Crippen molar-refractivity contribution in [3.05, 3.63) is 12.0 Å². The van der Waals surface area contributed by atoms with Gasteiger partial charge in [-0.05, 0) is 51.7 Å². The summed E-state index contributed by atoms with van der Waals surface area (Å²) in [6, 6.07) is 0. The molecule has 2 aliphatic rings. The molecule has 0 aromatic carbocycles. The highest BCUT2D eigenvalue weighted by atomic mass is 16.2. The molecule has 0 saturated carbocycles. The Bertz CT molecular complexity index is 775. The lowest BCUT2D eigenvalue weighted by atomic mass is 10.3. The van der Waals surface area contributed by atoms with E-state index in [4.69, 9.17) is 0 Å². The largest absolute Gasteiger partial charge is 0.356 e. The molecule has 2 fully saturated rings. The molecule has 4 heterocycles. The van der Waals surface area contributed by atoms with Crippen LogP contribution in [-0.4, -0.2) is 69.8 Å². The summed E-state index contributed by atoms with van der Waals surface area (Å²) < 4.78 is 1.71. The Morgan fingerprint density at radius 2 is 1.85 bits per heavy atom. The van der Waals surface area contributed by atoms with Gasteiger partial charge in [0, 0.05) is 26.7 Å². The Hall–Kier alpha value is -2.22. The molecule has 0 radical (unpaired) electrons. The van der Waals surface area contributed by atoms with Gasteiger partial charge in [0.15, 0.2) is 5.65 Å². The van der Waals surface area contributed by atoms with Crippen LogP contribution in [0.4, 0.5) is 5.82 Å². The van der Waals surface area contributed by atoms with E-state index in [0.717, 1.165) is 50.1 Å². The van der Waals surface area contributed by atoms with Gasteiger partial charge in [-0.1, -0.05) is 0 Å². The van der Waals surface area contributed by atoms with Gasteiger partial charge in [-0.2, -0.15) is 5.10 Å². The molecule has 0 aliphatic carbocycles. The normalized spacial score (nSPS) is 18.1. The van der Waals surface area contributed by atoms with Crippen molar-refractivity contribution >= 4 is 22.8 Å². The quantitative estimate of drug-likeness (QED) is 0.782. The highest BCUT2D eigenvalue weighted by molar-refractivity contribution is 5.95. The molecule has 26 heavy (non-hydrogen) atoms. The summed E-state index contributed by atoms with van der Waals surface area (Å²) in [4.78, 5) is 26.3. The van der Waals surface area contributed by atoms with E-state index in [1.807, 2.05) is 7.05 Å². The lowest BCUT2D eigenvalue weighted by Crippen LogP contribution is -2.30. The predicted molar refractivity (Wildman–Crippen MR) is 100 cm³/mol. The number of aromatic nitrogens is 4. The fourth-order valence-corrected chi connectivity index (χ4v) is 3.87. The van der Waals surface area contributed by atoms with Gasteiger partial charge in [-0.15, -0.1) is 0 Å². The van der Waals surface area contributed by atoms with Crippen molar-refractivity contribution in [3.8, 4) is 0 Å². The van der Waals surface area contributed by atoms with Gasteiger partial charge in [0.2, 0.25) is 5.82 Å². The molecular weight excluding hydrogens is 330 g/mol. The number of fused-ring (bicyclic) bond motifs is 1. The highest BCUT2D eigenvalue weighted by Crippen LogP contribution is 2.26. The lowest BCUT2D eigenvalue weighted by Gasteiger charge is -2.18. The second-order valence-electron chi connectivity index (χ2n) is 7.23. The zero-order valence-electron chi connectivity index (χ0n) is 15.4. The summed E-state index contributed by atoms with van der Waals surface area (Å²) in [6.45, 7) is 6.01. The number of nitrogens with one attached hydrogen (secondary N) is 1. The van der Waals surface area contributed by atoms with E-state index >= 15 is 0 Å². The Balaban J connectivity index is 1.46. The maximum atomic E-state index is 12.6. The van der Waals surface area contributed by atoms with Crippen LogP contribution in [0.5, 0.6) is 0 Å². The van der Waals surface area contributed by atoms with Crippen molar-refractivity contribution < 1.29 is 4.79 Å². The predicted octanol–water partition coefficient (Wildman–Crippen LogP) is 1.18. The van der Waals surface area contributed by atoms with Crippen molar-refractivity contribution in [1.29, 1.82) is 0 Å². The topological polar surface area (TPSA) is 79.2 Å². The zero-order chi connectivity index (χ0) is 17.9. The third-order valence-electron chi connectivity index (χ3n) is 5.32. The van der Waals surface area contributed by atoms with Crippen molar-refractivity contribution in [2.75, 3.05) is 44.2 Å². The minimum Gasteiger partial charge on any atom is -0.356 e. The lowest BCUT2D eigenvalue weighted by molar-refractivity contribution is 0.0942. The monoisotopic (exact) mass is 357 g/mol. The Kier molecular flexibility index (Phi) is 5.01. The molecule has 8 nitrogen and oxygen atoms in total. The molecule has 0 bridgehead atoms. The minimum absolute atomic E-state index is 0.199. The Morgan fingerprint density at radius 3 is 2.62 bits per heavy atom. The van der Waals surface area contributed by atoms with Gasteiger partial charge in [0.05, 0.1) is 11.6 Å². The van der Waals surface area contributed by atoms with Crippen LogP contribution in [0.1, 0.15) is 42.7 Å². The molecule has 2 aliphatic heterocycles. The number of carbonyl (C=O) groups excluding carboxylic acids is 1. The number of rotatable bonds is 6. The van der Waals surface area contributed by atoms with Crippen LogP contribution in [0.15, 0.2) is 6.20 Å². The Labute approximate surface area is 153 Å². The molecule has 2 aromatic rings. The van der Waals surface area contributed by atoms with Gasteiger partial charge >= 0.3 is 0 Å². The fraction of sp³-hybridized carbons (Fsp3) is 0.667. The molecule has 2 saturated heterocycles. The third kappa shape index (κ3) is 3.51. The summed E-state index contributed by atoms with van der Waals surface area (Å²) in [5.41, 5.74) is 0.712. The van der Waals surface area contributed by atoms with E-state index in [1.54, 1.807) is 10.9 Å². The van der Waals surface area contributed by atoms with E-state index in [2.05, 4.69) is 30.2 Å². The van der Waals surface area contributed by atoms with Crippen molar-refractivity contribution in [2.24, 2.45) is 7.05 Å².